The van der Waals surface area contributed by atoms with E-state index in [1.165, 1.54) is 23.3 Å². The lowest BCUT2D eigenvalue weighted by molar-refractivity contribution is 0.0721. The Morgan fingerprint density at radius 2 is 1.96 bits per heavy atom. The molecule has 26 heavy (non-hydrogen) atoms. The van der Waals surface area contributed by atoms with Gasteiger partial charge in [0.05, 0.1) is 24.2 Å². The van der Waals surface area contributed by atoms with Gasteiger partial charge >= 0.3 is 0 Å². The van der Waals surface area contributed by atoms with Crippen molar-refractivity contribution in [2.45, 2.75) is 38.8 Å². The number of furan rings is 1. The molecule has 2 heterocycles. The van der Waals surface area contributed by atoms with Crippen LogP contribution in [0.5, 0.6) is 5.75 Å². The van der Waals surface area contributed by atoms with Crippen LogP contribution >= 0.6 is 11.3 Å². The minimum Gasteiger partial charge on any atom is -0.508 e. The second kappa shape index (κ2) is 7.38. The second-order valence-electron chi connectivity index (χ2n) is 6.64. The van der Waals surface area contributed by atoms with Crippen LogP contribution in [-0.4, -0.2) is 15.9 Å². The Morgan fingerprint density at radius 3 is 2.73 bits per heavy atom. The quantitative estimate of drug-likeness (QED) is 0.707. The lowest BCUT2D eigenvalue weighted by Crippen LogP contribution is -2.29. The normalized spacial score (nSPS) is 13.4. The summed E-state index contributed by atoms with van der Waals surface area (Å²) in [5.74, 6) is 0.925. The number of thiophene rings is 1. The van der Waals surface area contributed by atoms with Crippen molar-refractivity contribution in [1.82, 2.24) is 4.90 Å². The zero-order chi connectivity index (χ0) is 17.9. The number of aryl methyl sites for hydroxylation is 2. The molecule has 0 saturated carbocycles. The molecule has 1 aliphatic rings. The van der Waals surface area contributed by atoms with Gasteiger partial charge in [0.2, 0.25) is 0 Å². The Bertz CT molecular complexity index is 874. The van der Waals surface area contributed by atoms with E-state index >= 15 is 0 Å². The first-order valence-corrected chi connectivity index (χ1v) is 9.72. The fraction of sp³-hybridized carbons (Fsp3) is 0.286. The fourth-order valence-corrected chi connectivity index (χ4v) is 4.61. The summed E-state index contributed by atoms with van der Waals surface area (Å²) >= 11 is 1.61. The van der Waals surface area contributed by atoms with E-state index in [1.807, 2.05) is 24.3 Å². The highest BCUT2D eigenvalue weighted by atomic mass is 32.1. The van der Waals surface area contributed by atoms with Gasteiger partial charge in [-0.15, -0.1) is 11.3 Å². The summed E-state index contributed by atoms with van der Waals surface area (Å²) in [6.07, 6.45) is 6.16. The lowest BCUT2D eigenvalue weighted by atomic mass is 9.99. The first-order valence-electron chi connectivity index (χ1n) is 8.91. The van der Waals surface area contributed by atoms with Gasteiger partial charge in [-0.05, 0) is 55.5 Å². The zero-order valence-electron chi connectivity index (χ0n) is 14.5. The van der Waals surface area contributed by atoms with Crippen molar-refractivity contribution < 1.29 is 14.3 Å². The second-order valence-corrected chi connectivity index (χ2v) is 7.77. The molecular weight excluding hydrogens is 346 g/mol. The Balaban J connectivity index is 1.62. The molecular formula is C21H21NO3S. The van der Waals surface area contributed by atoms with Gasteiger partial charge in [-0.3, -0.25) is 4.79 Å². The number of hydrogen-bond donors (Lipinski definition) is 1. The van der Waals surface area contributed by atoms with Crippen LogP contribution in [0.2, 0.25) is 0 Å². The van der Waals surface area contributed by atoms with E-state index in [0.29, 0.717) is 13.1 Å². The number of nitrogens with zero attached hydrogens (tertiary/aromatic N) is 1. The molecule has 134 valence electrons. The van der Waals surface area contributed by atoms with E-state index in [9.17, 15) is 9.90 Å². The van der Waals surface area contributed by atoms with Gasteiger partial charge in [-0.1, -0.05) is 18.2 Å². The van der Waals surface area contributed by atoms with Crippen molar-refractivity contribution >= 4 is 17.2 Å². The molecule has 0 aliphatic heterocycles. The minimum absolute atomic E-state index is 0.0101. The summed E-state index contributed by atoms with van der Waals surface area (Å²) < 4.78 is 5.45. The van der Waals surface area contributed by atoms with Gasteiger partial charge in [0, 0.05) is 10.4 Å². The van der Waals surface area contributed by atoms with Crippen LogP contribution in [-0.2, 0) is 25.9 Å². The number of rotatable bonds is 5. The molecule has 2 aromatic heterocycles. The monoisotopic (exact) mass is 367 g/mol. The van der Waals surface area contributed by atoms with Crippen molar-refractivity contribution in [3.63, 3.8) is 0 Å². The van der Waals surface area contributed by atoms with Crippen LogP contribution in [0.15, 0.2) is 53.1 Å². The van der Waals surface area contributed by atoms with E-state index in [0.717, 1.165) is 29.0 Å². The standard InChI is InChI=1S/C21H21NO3S/c23-18-9-3-1-7-16(18)13-22(14-17-8-5-11-25-17)21(24)20-12-15-6-2-4-10-19(15)26-20/h1,3,5,7-9,11-12,23H,2,4,6,10,13-14H2. The molecule has 0 radical (unpaired) electrons. The van der Waals surface area contributed by atoms with Crippen LogP contribution in [0.3, 0.4) is 0 Å². The number of carbonyl (C=O) groups excluding carboxylic acids is 1. The van der Waals surface area contributed by atoms with E-state index in [2.05, 4.69) is 6.07 Å². The molecule has 0 fully saturated rings. The van der Waals surface area contributed by atoms with Gasteiger partial charge in [-0.25, -0.2) is 0 Å². The molecule has 1 N–H and O–H groups in total. The molecule has 0 spiro atoms. The number of para-hydroxylation sites is 1. The van der Waals surface area contributed by atoms with Crippen molar-refractivity contribution in [2.24, 2.45) is 0 Å². The summed E-state index contributed by atoms with van der Waals surface area (Å²) in [6, 6.07) is 12.9. The molecule has 0 unspecified atom stereocenters. The van der Waals surface area contributed by atoms with E-state index < -0.39 is 0 Å². The smallest absolute Gasteiger partial charge is 0.264 e. The number of phenolic OH excluding ortho intramolecular Hbond substituents is 1. The third kappa shape index (κ3) is 3.53. The molecule has 4 nitrogen and oxygen atoms in total. The predicted octanol–water partition coefficient (Wildman–Crippen LogP) is 4.77. The van der Waals surface area contributed by atoms with Gasteiger partial charge in [0.15, 0.2) is 0 Å². The Morgan fingerprint density at radius 1 is 1.12 bits per heavy atom. The number of aromatic hydroxyl groups is 1. The molecule has 5 heteroatoms. The van der Waals surface area contributed by atoms with Gasteiger partial charge < -0.3 is 14.4 Å². The maximum atomic E-state index is 13.2. The lowest BCUT2D eigenvalue weighted by Gasteiger charge is -2.21. The van der Waals surface area contributed by atoms with Gasteiger partial charge in [-0.2, -0.15) is 0 Å². The summed E-state index contributed by atoms with van der Waals surface area (Å²) in [5.41, 5.74) is 2.05. The molecule has 4 rings (SSSR count). The average molecular weight is 367 g/mol. The highest BCUT2D eigenvalue weighted by molar-refractivity contribution is 7.14. The molecule has 1 aromatic carbocycles. The first-order chi connectivity index (χ1) is 12.7. The third-order valence-corrected chi connectivity index (χ3v) is 6.00. The maximum Gasteiger partial charge on any atom is 0.264 e. The molecule has 0 bridgehead atoms. The number of carbonyl (C=O) groups is 1. The summed E-state index contributed by atoms with van der Waals surface area (Å²) in [4.78, 5) is 17.1. The Labute approximate surface area is 156 Å². The number of fused-ring (bicyclic) bond motifs is 1. The van der Waals surface area contributed by atoms with Crippen LogP contribution in [0.1, 0.15) is 44.3 Å². The molecule has 3 aromatic rings. The van der Waals surface area contributed by atoms with Crippen LogP contribution in [0, 0.1) is 0 Å². The zero-order valence-corrected chi connectivity index (χ0v) is 15.3. The number of benzene rings is 1. The van der Waals surface area contributed by atoms with E-state index in [-0.39, 0.29) is 11.7 Å². The highest BCUT2D eigenvalue weighted by Crippen LogP contribution is 2.31. The predicted molar refractivity (Wildman–Crippen MR) is 101 cm³/mol. The molecule has 1 amide bonds. The van der Waals surface area contributed by atoms with Crippen molar-refractivity contribution in [2.75, 3.05) is 0 Å². The van der Waals surface area contributed by atoms with Crippen LogP contribution in [0.4, 0.5) is 0 Å². The Kier molecular flexibility index (Phi) is 4.80. The van der Waals surface area contributed by atoms with Crippen molar-refractivity contribution in [1.29, 1.82) is 0 Å². The topological polar surface area (TPSA) is 53.7 Å². The third-order valence-electron chi connectivity index (χ3n) is 4.77. The average Bonchev–Trinajstić information content (AvgIpc) is 3.31. The van der Waals surface area contributed by atoms with Crippen LogP contribution < -0.4 is 0 Å². The van der Waals surface area contributed by atoms with Gasteiger partial charge in [0.25, 0.3) is 5.91 Å². The van der Waals surface area contributed by atoms with Crippen molar-refractivity contribution in [3.05, 3.63) is 75.4 Å². The SMILES string of the molecule is O=C(c1cc2c(s1)CCCC2)N(Cc1ccco1)Cc1ccccc1O. The number of hydrogen-bond acceptors (Lipinski definition) is 4. The largest absolute Gasteiger partial charge is 0.508 e. The number of phenols is 1. The van der Waals surface area contributed by atoms with Crippen LogP contribution in [0.25, 0.3) is 0 Å². The highest BCUT2D eigenvalue weighted by Gasteiger charge is 2.23. The molecule has 1 aliphatic carbocycles. The number of amides is 1. The molecule has 0 atom stereocenters. The maximum absolute atomic E-state index is 13.2. The first kappa shape index (κ1) is 16.9. The summed E-state index contributed by atoms with van der Waals surface area (Å²) in [7, 11) is 0. The minimum atomic E-state index is -0.0101. The summed E-state index contributed by atoms with van der Waals surface area (Å²) in [6.45, 7) is 0.720. The summed E-state index contributed by atoms with van der Waals surface area (Å²) in [5, 5.41) is 10.1. The fourth-order valence-electron chi connectivity index (χ4n) is 3.39. The van der Waals surface area contributed by atoms with Crippen molar-refractivity contribution in [3.8, 4) is 5.75 Å². The molecule has 0 saturated heterocycles. The van der Waals surface area contributed by atoms with Gasteiger partial charge in [0.1, 0.15) is 11.5 Å². The van der Waals surface area contributed by atoms with E-state index in [1.54, 1.807) is 34.6 Å². The Hall–Kier alpha value is -2.53. The van der Waals surface area contributed by atoms with E-state index in [4.69, 9.17) is 4.42 Å².